The van der Waals surface area contributed by atoms with Crippen LogP contribution in [-0.4, -0.2) is 23.0 Å². The largest absolute Gasteiger partial charge is 0.480 e. The highest BCUT2D eigenvalue weighted by atomic mass is 19.1. The average molecular weight is 291 g/mol. The minimum atomic E-state index is -1.07. The maximum Gasteiger partial charge on any atom is 0.326 e. The number of carbonyl (C=O) groups excluding carboxylic acids is 1. The number of hydrogen-bond acceptors (Lipinski definition) is 2. The van der Waals surface area contributed by atoms with E-state index in [1.807, 2.05) is 0 Å². The average Bonchev–Trinajstić information content (AvgIpc) is 2.45. The van der Waals surface area contributed by atoms with Crippen LogP contribution in [0.4, 0.5) is 4.39 Å². The molecule has 0 aliphatic rings. The van der Waals surface area contributed by atoms with Gasteiger partial charge in [-0.05, 0) is 31.0 Å². The Morgan fingerprint density at radius 2 is 1.95 bits per heavy atom. The predicted molar refractivity (Wildman–Crippen MR) is 79.0 cm³/mol. The molecule has 0 heterocycles. The summed E-state index contributed by atoms with van der Waals surface area (Å²) in [7, 11) is 0. The minimum absolute atomic E-state index is 0.0665. The Morgan fingerprint density at radius 3 is 2.52 bits per heavy atom. The van der Waals surface area contributed by atoms with E-state index in [1.54, 1.807) is 43.4 Å². The monoisotopic (exact) mass is 291 g/mol. The molecule has 0 bridgehead atoms. The number of amides is 1. The molecule has 0 saturated carbocycles. The number of benzene rings is 1. The number of allylic oxidation sites excluding steroid dienone is 1. The van der Waals surface area contributed by atoms with Crippen LogP contribution >= 0.6 is 0 Å². The molecule has 0 aliphatic heterocycles. The van der Waals surface area contributed by atoms with Gasteiger partial charge in [0.1, 0.15) is 11.9 Å². The maximum atomic E-state index is 12.7. The second-order valence-corrected chi connectivity index (χ2v) is 4.42. The number of carboxylic acids is 1. The van der Waals surface area contributed by atoms with Gasteiger partial charge in [0.05, 0.1) is 0 Å². The molecule has 1 atom stereocenters. The van der Waals surface area contributed by atoms with Crippen molar-refractivity contribution in [3.8, 4) is 0 Å². The van der Waals surface area contributed by atoms with Gasteiger partial charge < -0.3 is 10.4 Å². The quantitative estimate of drug-likeness (QED) is 0.759. The molecular formula is C16H18FNO3. The molecular weight excluding hydrogens is 273 g/mol. The van der Waals surface area contributed by atoms with Gasteiger partial charge in [0.2, 0.25) is 5.91 Å². The molecule has 4 nitrogen and oxygen atoms in total. The lowest BCUT2D eigenvalue weighted by Gasteiger charge is -2.11. The van der Waals surface area contributed by atoms with Crippen LogP contribution in [0, 0.1) is 5.82 Å². The molecule has 1 rings (SSSR count). The SMILES string of the molecule is C/C=C/CC(NC(=O)C/C=C/c1ccc(F)cc1)C(=O)O. The number of nitrogens with one attached hydrogen (secondary N) is 1. The van der Waals surface area contributed by atoms with Gasteiger partial charge >= 0.3 is 5.97 Å². The van der Waals surface area contributed by atoms with E-state index in [4.69, 9.17) is 5.11 Å². The summed E-state index contributed by atoms with van der Waals surface area (Å²) in [6.45, 7) is 1.78. The van der Waals surface area contributed by atoms with Crippen LogP contribution in [0.2, 0.25) is 0 Å². The third-order valence-corrected chi connectivity index (χ3v) is 2.72. The highest BCUT2D eigenvalue weighted by molar-refractivity contribution is 5.84. The van der Waals surface area contributed by atoms with Crippen LogP contribution in [0.5, 0.6) is 0 Å². The zero-order valence-corrected chi connectivity index (χ0v) is 11.8. The van der Waals surface area contributed by atoms with E-state index in [0.29, 0.717) is 0 Å². The molecule has 112 valence electrons. The first kappa shape index (κ1) is 16.6. The Balaban J connectivity index is 2.48. The van der Waals surface area contributed by atoms with Gasteiger partial charge in [0, 0.05) is 6.42 Å². The Labute approximate surface area is 123 Å². The second-order valence-electron chi connectivity index (χ2n) is 4.42. The molecule has 0 saturated heterocycles. The van der Waals surface area contributed by atoms with Crippen molar-refractivity contribution in [2.45, 2.75) is 25.8 Å². The Hall–Kier alpha value is -2.43. The lowest BCUT2D eigenvalue weighted by molar-refractivity contribution is -0.141. The molecule has 0 aromatic heterocycles. The Bertz CT molecular complexity index is 535. The number of hydrogen-bond donors (Lipinski definition) is 2. The summed E-state index contributed by atoms with van der Waals surface area (Å²) in [6, 6.07) is 4.92. The summed E-state index contributed by atoms with van der Waals surface area (Å²) in [5, 5.41) is 11.4. The molecule has 0 fully saturated rings. The summed E-state index contributed by atoms with van der Waals surface area (Å²) >= 11 is 0. The summed E-state index contributed by atoms with van der Waals surface area (Å²) in [5.41, 5.74) is 0.771. The van der Waals surface area contributed by atoms with Crippen molar-refractivity contribution in [1.29, 1.82) is 0 Å². The fourth-order valence-corrected chi connectivity index (χ4v) is 1.62. The van der Waals surface area contributed by atoms with Crippen LogP contribution < -0.4 is 5.32 Å². The van der Waals surface area contributed by atoms with E-state index in [-0.39, 0.29) is 24.6 Å². The fraction of sp³-hybridized carbons (Fsp3) is 0.250. The zero-order valence-electron chi connectivity index (χ0n) is 11.8. The lowest BCUT2D eigenvalue weighted by atomic mass is 10.1. The summed E-state index contributed by atoms with van der Waals surface area (Å²) in [6.07, 6.45) is 7.03. The van der Waals surface area contributed by atoms with Gasteiger partial charge in [-0.1, -0.05) is 36.4 Å². The van der Waals surface area contributed by atoms with Crippen molar-refractivity contribution in [3.05, 3.63) is 53.9 Å². The Kier molecular flexibility index (Phi) is 6.87. The standard InChI is InChI=1S/C16H18FNO3/c1-2-3-6-14(16(20)21)18-15(19)7-4-5-12-8-10-13(17)11-9-12/h2-5,8-11,14H,6-7H2,1H3,(H,18,19)(H,20,21)/b3-2+,5-4+. The fourth-order valence-electron chi connectivity index (χ4n) is 1.62. The first-order chi connectivity index (χ1) is 10.0. The normalized spacial score (nSPS) is 12.7. The van der Waals surface area contributed by atoms with Crippen molar-refractivity contribution >= 4 is 18.0 Å². The molecule has 1 amide bonds. The summed E-state index contributed by atoms with van der Waals surface area (Å²) in [4.78, 5) is 22.6. The number of aliphatic carboxylic acids is 1. The topological polar surface area (TPSA) is 66.4 Å². The van der Waals surface area contributed by atoms with Crippen molar-refractivity contribution in [3.63, 3.8) is 0 Å². The van der Waals surface area contributed by atoms with Crippen molar-refractivity contribution < 1.29 is 19.1 Å². The smallest absolute Gasteiger partial charge is 0.326 e. The van der Waals surface area contributed by atoms with Crippen molar-refractivity contribution in [2.24, 2.45) is 0 Å². The number of carboxylic acid groups (broad SMARTS) is 1. The van der Waals surface area contributed by atoms with Gasteiger partial charge in [-0.25, -0.2) is 9.18 Å². The third kappa shape index (κ3) is 6.51. The van der Waals surface area contributed by atoms with Crippen LogP contribution in [0.1, 0.15) is 25.3 Å². The van der Waals surface area contributed by atoms with E-state index in [1.165, 1.54) is 12.1 Å². The number of halogens is 1. The van der Waals surface area contributed by atoms with Gasteiger partial charge in [-0.3, -0.25) is 4.79 Å². The second kappa shape index (κ2) is 8.68. The maximum absolute atomic E-state index is 12.7. The van der Waals surface area contributed by atoms with E-state index < -0.39 is 12.0 Å². The van der Waals surface area contributed by atoms with E-state index in [9.17, 15) is 14.0 Å². The van der Waals surface area contributed by atoms with Gasteiger partial charge in [-0.15, -0.1) is 0 Å². The first-order valence-electron chi connectivity index (χ1n) is 6.58. The molecule has 5 heteroatoms. The molecule has 1 aromatic carbocycles. The van der Waals surface area contributed by atoms with Crippen molar-refractivity contribution in [1.82, 2.24) is 5.32 Å². The molecule has 0 radical (unpaired) electrons. The van der Waals surface area contributed by atoms with Crippen LogP contribution in [0.3, 0.4) is 0 Å². The summed E-state index contributed by atoms with van der Waals surface area (Å²) < 4.78 is 12.7. The highest BCUT2D eigenvalue weighted by Crippen LogP contribution is 2.05. The number of carbonyl (C=O) groups is 2. The lowest BCUT2D eigenvalue weighted by Crippen LogP contribution is -2.40. The van der Waals surface area contributed by atoms with Gasteiger partial charge in [-0.2, -0.15) is 0 Å². The third-order valence-electron chi connectivity index (χ3n) is 2.72. The van der Waals surface area contributed by atoms with Crippen molar-refractivity contribution in [2.75, 3.05) is 0 Å². The molecule has 2 N–H and O–H groups in total. The molecule has 0 aliphatic carbocycles. The van der Waals surface area contributed by atoms with Crippen LogP contribution in [0.15, 0.2) is 42.5 Å². The van der Waals surface area contributed by atoms with E-state index in [0.717, 1.165) is 5.56 Å². The minimum Gasteiger partial charge on any atom is -0.480 e. The van der Waals surface area contributed by atoms with Crippen LogP contribution in [0.25, 0.3) is 6.08 Å². The molecule has 21 heavy (non-hydrogen) atoms. The molecule has 1 aromatic rings. The van der Waals surface area contributed by atoms with Gasteiger partial charge in [0.15, 0.2) is 0 Å². The molecule has 1 unspecified atom stereocenters. The molecule has 0 spiro atoms. The van der Waals surface area contributed by atoms with Crippen LogP contribution in [-0.2, 0) is 9.59 Å². The van der Waals surface area contributed by atoms with E-state index in [2.05, 4.69) is 5.32 Å². The van der Waals surface area contributed by atoms with Gasteiger partial charge in [0.25, 0.3) is 0 Å². The zero-order chi connectivity index (χ0) is 15.7. The Morgan fingerprint density at radius 1 is 1.29 bits per heavy atom. The first-order valence-corrected chi connectivity index (χ1v) is 6.58. The number of rotatable bonds is 7. The predicted octanol–water partition coefficient (Wildman–Crippen LogP) is 2.76. The summed E-state index contributed by atoms with van der Waals surface area (Å²) in [5.74, 6) is -1.76. The van der Waals surface area contributed by atoms with E-state index >= 15 is 0 Å². The highest BCUT2D eigenvalue weighted by Gasteiger charge is 2.17.